The van der Waals surface area contributed by atoms with Crippen LogP contribution >= 0.6 is 0 Å². The maximum atomic E-state index is 5.32. The predicted octanol–water partition coefficient (Wildman–Crippen LogP) is 2.58. The van der Waals surface area contributed by atoms with Crippen molar-refractivity contribution in [1.29, 1.82) is 0 Å². The molecule has 2 N–H and O–H groups in total. The molecule has 1 rings (SSSR count). The molecular weight excluding hydrogens is 290 g/mol. The van der Waals surface area contributed by atoms with E-state index in [0.717, 1.165) is 43.5 Å². The Kier molecular flexibility index (Phi) is 8.69. The monoisotopic (exact) mass is 323 g/mol. The van der Waals surface area contributed by atoms with Gasteiger partial charge in [-0.1, -0.05) is 25.9 Å². The molecule has 1 unspecified atom stereocenters. The number of rotatable bonds is 9. The summed E-state index contributed by atoms with van der Waals surface area (Å²) >= 11 is 0. The minimum Gasteiger partial charge on any atom is -0.359 e. The SMILES string of the molecule is CCNC(=NCc1cc(C(C)C)no1)NCCN(C)C(C)CC. The molecule has 0 bridgehead atoms. The molecule has 6 heteroatoms. The van der Waals surface area contributed by atoms with Gasteiger partial charge in [0.05, 0.1) is 5.69 Å². The summed E-state index contributed by atoms with van der Waals surface area (Å²) in [6, 6.07) is 2.58. The third-order valence-electron chi connectivity index (χ3n) is 4.01. The zero-order valence-electron chi connectivity index (χ0n) is 15.5. The molecule has 1 atom stereocenters. The highest BCUT2D eigenvalue weighted by molar-refractivity contribution is 5.79. The number of nitrogens with zero attached hydrogens (tertiary/aromatic N) is 3. The first-order chi connectivity index (χ1) is 11.0. The van der Waals surface area contributed by atoms with E-state index in [9.17, 15) is 0 Å². The normalized spacial score (nSPS) is 13.7. The van der Waals surface area contributed by atoms with Gasteiger partial charge in [-0.3, -0.25) is 0 Å². The van der Waals surface area contributed by atoms with Gasteiger partial charge in [0.1, 0.15) is 6.54 Å². The van der Waals surface area contributed by atoms with E-state index in [1.165, 1.54) is 0 Å². The van der Waals surface area contributed by atoms with Gasteiger partial charge < -0.3 is 20.1 Å². The fraction of sp³-hybridized carbons (Fsp3) is 0.765. The van der Waals surface area contributed by atoms with Crippen LogP contribution in [-0.4, -0.2) is 48.7 Å². The Morgan fingerprint density at radius 1 is 1.30 bits per heavy atom. The zero-order valence-corrected chi connectivity index (χ0v) is 15.5. The van der Waals surface area contributed by atoms with Crippen molar-refractivity contribution >= 4 is 5.96 Å². The molecule has 1 aromatic rings. The summed E-state index contributed by atoms with van der Waals surface area (Å²) in [5.74, 6) is 1.98. The largest absolute Gasteiger partial charge is 0.359 e. The molecule has 6 nitrogen and oxygen atoms in total. The summed E-state index contributed by atoms with van der Waals surface area (Å²) < 4.78 is 5.32. The first-order valence-electron chi connectivity index (χ1n) is 8.65. The predicted molar refractivity (Wildman–Crippen MR) is 95.8 cm³/mol. The van der Waals surface area contributed by atoms with Crippen molar-refractivity contribution in [2.75, 3.05) is 26.7 Å². The van der Waals surface area contributed by atoms with Crippen molar-refractivity contribution in [3.8, 4) is 0 Å². The van der Waals surface area contributed by atoms with Crippen LogP contribution in [0.15, 0.2) is 15.6 Å². The number of hydrogen-bond acceptors (Lipinski definition) is 4. The van der Waals surface area contributed by atoms with Gasteiger partial charge >= 0.3 is 0 Å². The van der Waals surface area contributed by atoms with E-state index in [2.05, 4.69) is 67.3 Å². The molecule has 0 radical (unpaired) electrons. The maximum absolute atomic E-state index is 5.32. The number of likely N-dealkylation sites (N-methyl/N-ethyl adjacent to an activating group) is 1. The second-order valence-electron chi connectivity index (χ2n) is 6.23. The molecule has 132 valence electrons. The van der Waals surface area contributed by atoms with Gasteiger partial charge in [0.2, 0.25) is 0 Å². The van der Waals surface area contributed by atoms with E-state index < -0.39 is 0 Å². The van der Waals surface area contributed by atoms with Gasteiger partial charge in [-0.2, -0.15) is 0 Å². The third kappa shape index (κ3) is 7.03. The van der Waals surface area contributed by atoms with Gasteiger partial charge in [-0.05, 0) is 33.2 Å². The van der Waals surface area contributed by atoms with Gasteiger partial charge in [0.15, 0.2) is 11.7 Å². The quantitative estimate of drug-likeness (QED) is 0.540. The van der Waals surface area contributed by atoms with Gasteiger partial charge in [-0.15, -0.1) is 0 Å². The summed E-state index contributed by atoms with van der Waals surface area (Å²) in [7, 11) is 2.15. The van der Waals surface area contributed by atoms with Crippen molar-refractivity contribution in [2.24, 2.45) is 4.99 Å². The molecule has 23 heavy (non-hydrogen) atoms. The Morgan fingerprint density at radius 2 is 2.04 bits per heavy atom. The van der Waals surface area contributed by atoms with Crippen LogP contribution in [0.3, 0.4) is 0 Å². The van der Waals surface area contributed by atoms with Crippen LogP contribution in [0.2, 0.25) is 0 Å². The molecular formula is C17H33N5O. The standard InChI is InChI=1S/C17H33N5O/c1-7-14(5)22(6)10-9-19-17(18-8-2)20-12-15-11-16(13(3)4)21-23-15/h11,13-14H,7-10,12H2,1-6H3,(H2,18,19,20). The number of aliphatic imine (C=N–C) groups is 1. The van der Waals surface area contributed by atoms with Crippen LogP contribution in [0.5, 0.6) is 0 Å². The van der Waals surface area contributed by atoms with Crippen molar-refractivity contribution in [3.05, 3.63) is 17.5 Å². The van der Waals surface area contributed by atoms with E-state index in [1.54, 1.807) is 0 Å². The van der Waals surface area contributed by atoms with Crippen molar-refractivity contribution in [2.45, 2.75) is 59.5 Å². The number of nitrogens with one attached hydrogen (secondary N) is 2. The Morgan fingerprint density at radius 3 is 2.61 bits per heavy atom. The Bertz CT molecular complexity index is 469. The lowest BCUT2D eigenvalue weighted by atomic mass is 10.1. The van der Waals surface area contributed by atoms with Gasteiger partial charge in [-0.25, -0.2) is 4.99 Å². The van der Waals surface area contributed by atoms with Crippen molar-refractivity contribution < 1.29 is 4.52 Å². The number of guanidine groups is 1. The highest BCUT2D eigenvalue weighted by Crippen LogP contribution is 2.14. The first kappa shape index (κ1) is 19.5. The minimum absolute atomic E-state index is 0.374. The maximum Gasteiger partial charge on any atom is 0.191 e. The van der Waals surface area contributed by atoms with Crippen molar-refractivity contribution in [1.82, 2.24) is 20.7 Å². The molecule has 0 spiro atoms. The van der Waals surface area contributed by atoms with Crippen LogP contribution < -0.4 is 10.6 Å². The third-order valence-corrected chi connectivity index (χ3v) is 4.01. The fourth-order valence-electron chi connectivity index (χ4n) is 2.06. The van der Waals surface area contributed by atoms with E-state index in [0.29, 0.717) is 18.5 Å². The summed E-state index contributed by atoms with van der Waals surface area (Å²) in [6.45, 7) is 13.9. The Labute approximate surface area is 140 Å². The lowest BCUT2D eigenvalue weighted by Crippen LogP contribution is -2.42. The molecule has 0 aliphatic rings. The van der Waals surface area contributed by atoms with Gasteiger partial charge in [0.25, 0.3) is 0 Å². The molecule has 0 saturated heterocycles. The lowest BCUT2D eigenvalue weighted by molar-refractivity contribution is 0.255. The molecule has 0 amide bonds. The summed E-state index contributed by atoms with van der Waals surface area (Å²) in [6.07, 6.45) is 1.16. The van der Waals surface area contributed by atoms with Crippen LogP contribution in [-0.2, 0) is 6.54 Å². The average Bonchev–Trinajstić information content (AvgIpc) is 3.00. The smallest absolute Gasteiger partial charge is 0.191 e. The Balaban J connectivity index is 2.49. The van der Waals surface area contributed by atoms with Crippen LogP contribution in [0.1, 0.15) is 58.4 Å². The van der Waals surface area contributed by atoms with Crippen LogP contribution in [0, 0.1) is 0 Å². The lowest BCUT2D eigenvalue weighted by Gasteiger charge is -2.23. The molecule has 0 aromatic carbocycles. The van der Waals surface area contributed by atoms with Crippen LogP contribution in [0.25, 0.3) is 0 Å². The Hall–Kier alpha value is -1.56. The summed E-state index contributed by atoms with van der Waals surface area (Å²) in [4.78, 5) is 6.91. The molecule has 1 aromatic heterocycles. The molecule has 0 aliphatic carbocycles. The first-order valence-corrected chi connectivity index (χ1v) is 8.65. The van der Waals surface area contributed by atoms with Gasteiger partial charge in [0, 0.05) is 31.7 Å². The molecule has 1 heterocycles. The van der Waals surface area contributed by atoms with E-state index >= 15 is 0 Å². The highest BCUT2D eigenvalue weighted by Gasteiger charge is 2.08. The van der Waals surface area contributed by atoms with E-state index in [1.807, 2.05) is 6.07 Å². The second kappa shape index (κ2) is 10.3. The van der Waals surface area contributed by atoms with E-state index in [4.69, 9.17) is 4.52 Å². The minimum atomic E-state index is 0.374. The molecule has 0 fully saturated rings. The highest BCUT2D eigenvalue weighted by atomic mass is 16.5. The van der Waals surface area contributed by atoms with Crippen molar-refractivity contribution in [3.63, 3.8) is 0 Å². The van der Waals surface area contributed by atoms with E-state index in [-0.39, 0.29) is 0 Å². The summed E-state index contributed by atoms with van der Waals surface area (Å²) in [5, 5.41) is 10.7. The fourth-order valence-corrected chi connectivity index (χ4v) is 2.06. The number of aromatic nitrogens is 1. The summed E-state index contributed by atoms with van der Waals surface area (Å²) in [5.41, 5.74) is 0.975. The van der Waals surface area contributed by atoms with Crippen LogP contribution in [0.4, 0.5) is 0 Å². The molecule has 0 aliphatic heterocycles. The second-order valence-corrected chi connectivity index (χ2v) is 6.23. The zero-order chi connectivity index (χ0) is 17.2. The topological polar surface area (TPSA) is 65.7 Å². The number of hydrogen-bond donors (Lipinski definition) is 2. The average molecular weight is 323 g/mol. The molecule has 0 saturated carbocycles.